The van der Waals surface area contributed by atoms with Crippen LogP contribution in [0.2, 0.25) is 0 Å². The van der Waals surface area contributed by atoms with Gasteiger partial charge in [-0.05, 0) is 58.0 Å². The molecule has 0 aromatic carbocycles. The van der Waals surface area contributed by atoms with Gasteiger partial charge in [0.2, 0.25) is 0 Å². The number of nitrogens with zero attached hydrogens (tertiary/aromatic N) is 2. The smallest absolute Gasteiger partial charge is 0.0235 e. The van der Waals surface area contributed by atoms with Gasteiger partial charge in [0.25, 0.3) is 0 Å². The molecule has 0 radical (unpaired) electrons. The topological polar surface area (TPSA) is 32.5 Å². The third kappa shape index (κ3) is 2.67. The van der Waals surface area contributed by atoms with Crippen molar-refractivity contribution >= 4 is 0 Å². The minimum absolute atomic E-state index is 0.392. The van der Waals surface area contributed by atoms with E-state index in [0.29, 0.717) is 6.04 Å². The Bertz CT molecular complexity index is 254. The van der Waals surface area contributed by atoms with Crippen LogP contribution < -0.4 is 5.73 Å². The van der Waals surface area contributed by atoms with Crippen LogP contribution in [0.1, 0.15) is 39.0 Å². The minimum Gasteiger partial charge on any atom is -0.328 e. The van der Waals surface area contributed by atoms with Gasteiger partial charge in [0.15, 0.2) is 0 Å². The first-order chi connectivity index (χ1) is 8.24. The van der Waals surface area contributed by atoms with E-state index < -0.39 is 0 Å². The summed E-state index contributed by atoms with van der Waals surface area (Å²) < 4.78 is 0. The molecule has 2 heterocycles. The van der Waals surface area contributed by atoms with Crippen LogP contribution in [-0.4, -0.2) is 54.1 Å². The molecule has 0 aromatic rings. The molecule has 2 unspecified atom stereocenters. The summed E-state index contributed by atoms with van der Waals surface area (Å²) in [6.07, 6.45) is 6.95. The maximum atomic E-state index is 6.01. The van der Waals surface area contributed by atoms with Gasteiger partial charge in [-0.3, -0.25) is 9.80 Å². The standard InChI is InChI=1S/C14H27N3/c1-11(15)12-4-7-16(8-5-12)14-6-9-17(10-14)13-2-3-13/h11-14H,2-10,15H2,1H3. The summed E-state index contributed by atoms with van der Waals surface area (Å²) >= 11 is 0. The predicted molar refractivity (Wildman–Crippen MR) is 70.9 cm³/mol. The lowest BCUT2D eigenvalue weighted by molar-refractivity contribution is 0.124. The van der Waals surface area contributed by atoms with Gasteiger partial charge in [-0.2, -0.15) is 0 Å². The molecule has 2 N–H and O–H groups in total. The van der Waals surface area contributed by atoms with Crippen molar-refractivity contribution in [2.24, 2.45) is 11.7 Å². The Morgan fingerprint density at radius 3 is 2.12 bits per heavy atom. The Morgan fingerprint density at radius 1 is 0.882 bits per heavy atom. The molecule has 0 amide bonds. The van der Waals surface area contributed by atoms with Crippen LogP contribution in [0, 0.1) is 5.92 Å². The highest BCUT2D eigenvalue weighted by Crippen LogP contribution is 2.32. The van der Waals surface area contributed by atoms with Crippen molar-refractivity contribution in [1.29, 1.82) is 0 Å². The van der Waals surface area contributed by atoms with Crippen molar-refractivity contribution < 1.29 is 0 Å². The number of hydrogen-bond acceptors (Lipinski definition) is 3. The number of likely N-dealkylation sites (tertiary alicyclic amines) is 2. The third-order valence-corrected chi connectivity index (χ3v) is 5.09. The SMILES string of the molecule is CC(N)C1CCN(C2CCN(C3CC3)C2)CC1. The Morgan fingerprint density at radius 2 is 1.53 bits per heavy atom. The molecule has 3 nitrogen and oxygen atoms in total. The minimum atomic E-state index is 0.392. The Labute approximate surface area is 105 Å². The van der Waals surface area contributed by atoms with E-state index in [0.717, 1.165) is 18.0 Å². The third-order valence-electron chi connectivity index (χ3n) is 5.09. The van der Waals surface area contributed by atoms with E-state index in [1.165, 1.54) is 58.3 Å². The summed E-state index contributed by atoms with van der Waals surface area (Å²) in [6, 6.07) is 2.20. The summed E-state index contributed by atoms with van der Waals surface area (Å²) in [4.78, 5) is 5.46. The van der Waals surface area contributed by atoms with E-state index in [4.69, 9.17) is 5.73 Å². The molecule has 3 aliphatic rings. The molecule has 0 aromatic heterocycles. The van der Waals surface area contributed by atoms with E-state index in [1.807, 2.05) is 0 Å². The molecule has 3 rings (SSSR count). The first kappa shape index (κ1) is 11.9. The first-order valence-corrected chi connectivity index (χ1v) is 7.47. The summed E-state index contributed by atoms with van der Waals surface area (Å²) in [5, 5.41) is 0. The van der Waals surface area contributed by atoms with Crippen LogP contribution in [0.5, 0.6) is 0 Å². The molecule has 2 saturated heterocycles. The molecule has 2 aliphatic heterocycles. The summed E-state index contributed by atoms with van der Waals surface area (Å²) in [6.45, 7) is 7.44. The van der Waals surface area contributed by atoms with Crippen molar-refractivity contribution in [3.8, 4) is 0 Å². The van der Waals surface area contributed by atoms with Crippen molar-refractivity contribution in [2.45, 2.75) is 57.2 Å². The molecule has 3 fully saturated rings. The molecule has 2 atom stereocenters. The van der Waals surface area contributed by atoms with Crippen LogP contribution in [0.4, 0.5) is 0 Å². The zero-order valence-corrected chi connectivity index (χ0v) is 11.1. The van der Waals surface area contributed by atoms with E-state index in [9.17, 15) is 0 Å². The second-order valence-corrected chi connectivity index (χ2v) is 6.40. The lowest BCUT2D eigenvalue weighted by Crippen LogP contribution is -2.45. The number of hydrogen-bond donors (Lipinski definition) is 1. The van der Waals surface area contributed by atoms with Crippen LogP contribution in [0.3, 0.4) is 0 Å². The Kier molecular flexibility index (Phi) is 3.42. The first-order valence-electron chi connectivity index (χ1n) is 7.47. The van der Waals surface area contributed by atoms with Crippen molar-refractivity contribution in [3.05, 3.63) is 0 Å². The maximum absolute atomic E-state index is 6.01. The number of nitrogens with two attached hydrogens (primary N) is 1. The molecular formula is C14H27N3. The molecule has 98 valence electrons. The number of rotatable bonds is 3. The van der Waals surface area contributed by atoms with E-state index >= 15 is 0 Å². The molecule has 0 spiro atoms. The maximum Gasteiger partial charge on any atom is 0.0235 e. The van der Waals surface area contributed by atoms with Gasteiger partial charge in [-0.15, -0.1) is 0 Å². The average Bonchev–Trinajstić information content (AvgIpc) is 3.07. The summed E-state index contributed by atoms with van der Waals surface area (Å²) in [5.41, 5.74) is 6.01. The molecule has 1 aliphatic carbocycles. The normalized spacial score (nSPS) is 35.3. The van der Waals surface area contributed by atoms with Gasteiger partial charge in [-0.1, -0.05) is 0 Å². The van der Waals surface area contributed by atoms with E-state index in [2.05, 4.69) is 16.7 Å². The van der Waals surface area contributed by atoms with Gasteiger partial charge in [-0.25, -0.2) is 0 Å². The molecule has 17 heavy (non-hydrogen) atoms. The van der Waals surface area contributed by atoms with Crippen LogP contribution >= 0.6 is 0 Å². The monoisotopic (exact) mass is 237 g/mol. The van der Waals surface area contributed by atoms with Crippen molar-refractivity contribution in [1.82, 2.24) is 9.80 Å². The lowest BCUT2D eigenvalue weighted by atomic mass is 9.90. The highest BCUT2D eigenvalue weighted by Gasteiger charge is 2.37. The highest BCUT2D eigenvalue weighted by molar-refractivity contribution is 4.93. The zero-order valence-electron chi connectivity index (χ0n) is 11.1. The average molecular weight is 237 g/mol. The Hall–Kier alpha value is -0.120. The Balaban J connectivity index is 1.47. The second kappa shape index (κ2) is 4.87. The zero-order chi connectivity index (χ0) is 11.8. The van der Waals surface area contributed by atoms with E-state index in [-0.39, 0.29) is 0 Å². The van der Waals surface area contributed by atoms with Gasteiger partial charge in [0.05, 0.1) is 0 Å². The largest absolute Gasteiger partial charge is 0.328 e. The van der Waals surface area contributed by atoms with Gasteiger partial charge >= 0.3 is 0 Å². The second-order valence-electron chi connectivity index (χ2n) is 6.40. The summed E-state index contributed by atoms with van der Waals surface area (Å²) in [5.74, 6) is 0.771. The predicted octanol–water partition coefficient (Wildman–Crippen LogP) is 1.28. The van der Waals surface area contributed by atoms with Gasteiger partial charge in [0, 0.05) is 31.2 Å². The quantitative estimate of drug-likeness (QED) is 0.802. The van der Waals surface area contributed by atoms with Crippen LogP contribution in [-0.2, 0) is 0 Å². The fourth-order valence-electron chi connectivity index (χ4n) is 3.65. The molecule has 0 bridgehead atoms. The van der Waals surface area contributed by atoms with Crippen LogP contribution in [0.25, 0.3) is 0 Å². The van der Waals surface area contributed by atoms with Crippen molar-refractivity contribution in [2.75, 3.05) is 26.2 Å². The summed E-state index contributed by atoms with van der Waals surface area (Å²) in [7, 11) is 0. The number of piperidine rings is 1. The highest BCUT2D eigenvalue weighted by atomic mass is 15.3. The van der Waals surface area contributed by atoms with Crippen LogP contribution in [0.15, 0.2) is 0 Å². The van der Waals surface area contributed by atoms with E-state index in [1.54, 1.807) is 0 Å². The van der Waals surface area contributed by atoms with Crippen molar-refractivity contribution in [3.63, 3.8) is 0 Å². The lowest BCUT2D eigenvalue weighted by Gasteiger charge is -2.37. The van der Waals surface area contributed by atoms with Gasteiger partial charge < -0.3 is 5.73 Å². The fourth-order valence-corrected chi connectivity index (χ4v) is 3.65. The molecule has 1 saturated carbocycles. The molecule has 3 heteroatoms. The van der Waals surface area contributed by atoms with Gasteiger partial charge in [0.1, 0.15) is 0 Å². The molecular weight excluding hydrogens is 210 g/mol. The fraction of sp³-hybridized carbons (Fsp3) is 1.00.